The summed E-state index contributed by atoms with van der Waals surface area (Å²) in [4.78, 5) is 14.1. The van der Waals surface area contributed by atoms with Gasteiger partial charge in [0.05, 0.1) is 18.9 Å². The van der Waals surface area contributed by atoms with Crippen LogP contribution in [0.4, 0.5) is 0 Å². The third-order valence-corrected chi connectivity index (χ3v) is 3.18. The van der Waals surface area contributed by atoms with E-state index >= 15 is 0 Å². The van der Waals surface area contributed by atoms with Crippen LogP contribution in [0.5, 0.6) is 0 Å². The number of amides is 1. The zero-order chi connectivity index (χ0) is 13.1. The Kier molecular flexibility index (Phi) is 3.29. The summed E-state index contributed by atoms with van der Waals surface area (Å²) >= 11 is 0. The van der Waals surface area contributed by atoms with Gasteiger partial charge >= 0.3 is 0 Å². The van der Waals surface area contributed by atoms with Crippen LogP contribution in [0.2, 0.25) is 0 Å². The Morgan fingerprint density at radius 1 is 1.16 bits per heavy atom. The van der Waals surface area contributed by atoms with Crippen LogP contribution < -0.4 is 0 Å². The molecular weight excluding hydrogens is 242 g/mol. The number of aromatic nitrogens is 2. The number of hydrogen-bond acceptors (Lipinski definition) is 3. The van der Waals surface area contributed by atoms with Crippen molar-refractivity contribution < 1.29 is 9.53 Å². The van der Waals surface area contributed by atoms with Crippen LogP contribution in [0.1, 0.15) is 10.4 Å². The highest BCUT2D eigenvalue weighted by molar-refractivity contribution is 5.94. The Balaban J connectivity index is 1.76. The second kappa shape index (κ2) is 5.24. The molecule has 0 saturated carbocycles. The van der Waals surface area contributed by atoms with Gasteiger partial charge < -0.3 is 9.64 Å². The van der Waals surface area contributed by atoms with E-state index in [1.807, 2.05) is 41.4 Å². The molecule has 3 rings (SSSR count). The molecule has 19 heavy (non-hydrogen) atoms. The van der Waals surface area contributed by atoms with Crippen molar-refractivity contribution in [3.8, 4) is 5.69 Å². The van der Waals surface area contributed by atoms with Gasteiger partial charge in [-0.2, -0.15) is 5.10 Å². The summed E-state index contributed by atoms with van der Waals surface area (Å²) in [6.45, 7) is 2.58. The second-order valence-electron chi connectivity index (χ2n) is 4.40. The van der Waals surface area contributed by atoms with Crippen molar-refractivity contribution in [3.63, 3.8) is 0 Å². The second-order valence-corrected chi connectivity index (χ2v) is 4.40. The average molecular weight is 257 g/mol. The molecule has 1 fully saturated rings. The maximum absolute atomic E-state index is 12.2. The van der Waals surface area contributed by atoms with Gasteiger partial charge in [-0.05, 0) is 30.3 Å². The van der Waals surface area contributed by atoms with Crippen LogP contribution in [0, 0.1) is 0 Å². The summed E-state index contributed by atoms with van der Waals surface area (Å²) < 4.78 is 7.02. The molecule has 2 aromatic rings. The molecule has 1 amide bonds. The number of nitrogens with zero attached hydrogens (tertiary/aromatic N) is 3. The molecule has 0 atom stereocenters. The van der Waals surface area contributed by atoms with Gasteiger partial charge in [-0.3, -0.25) is 4.79 Å². The number of carbonyl (C=O) groups excluding carboxylic acids is 1. The average Bonchev–Trinajstić information content (AvgIpc) is 3.02. The summed E-state index contributed by atoms with van der Waals surface area (Å²) in [7, 11) is 0. The lowest BCUT2D eigenvalue weighted by Crippen LogP contribution is -2.40. The number of carbonyl (C=O) groups is 1. The quantitative estimate of drug-likeness (QED) is 0.815. The van der Waals surface area contributed by atoms with Crippen molar-refractivity contribution in [2.24, 2.45) is 0 Å². The Labute approximate surface area is 111 Å². The van der Waals surface area contributed by atoms with Crippen molar-refractivity contribution in [1.29, 1.82) is 0 Å². The molecule has 1 aromatic heterocycles. The van der Waals surface area contributed by atoms with E-state index < -0.39 is 0 Å². The van der Waals surface area contributed by atoms with Crippen molar-refractivity contribution in [3.05, 3.63) is 48.3 Å². The largest absolute Gasteiger partial charge is 0.378 e. The van der Waals surface area contributed by atoms with E-state index in [2.05, 4.69) is 5.10 Å². The first-order valence-corrected chi connectivity index (χ1v) is 6.32. The van der Waals surface area contributed by atoms with Crippen LogP contribution in [-0.4, -0.2) is 46.9 Å². The van der Waals surface area contributed by atoms with Crippen LogP contribution in [-0.2, 0) is 4.74 Å². The predicted octanol–water partition coefficient (Wildman–Crippen LogP) is 1.34. The molecule has 98 valence electrons. The lowest BCUT2D eigenvalue weighted by molar-refractivity contribution is 0.0303. The van der Waals surface area contributed by atoms with Crippen molar-refractivity contribution in [2.75, 3.05) is 26.3 Å². The van der Waals surface area contributed by atoms with E-state index in [1.165, 1.54) is 0 Å². The normalized spacial score (nSPS) is 15.5. The molecule has 0 spiro atoms. The summed E-state index contributed by atoms with van der Waals surface area (Å²) in [6.07, 6.45) is 3.60. The Hall–Kier alpha value is -2.14. The van der Waals surface area contributed by atoms with Crippen molar-refractivity contribution in [1.82, 2.24) is 14.7 Å². The highest BCUT2D eigenvalue weighted by atomic mass is 16.5. The third kappa shape index (κ3) is 2.51. The molecule has 0 N–H and O–H groups in total. The molecule has 1 aromatic carbocycles. The van der Waals surface area contributed by atoms with E-state index in [9.17, 15) is 4.79 Å². The standard InChI is InChI=1S/C14H15N3O2/c18-14(16-8-10-19-11-9-16)12-2-4-13(5-3-12)17-7-1-6-15-17/h1-7H,8-11H2. The van der Waals surface area contributed by atoms with Gasteiger partial charge in [0, 0.05) is 31.0 Å². The van der Waals surface area contributed by atoms with E-state index in [-0.39, 0.29) is 5.91 Å². The Bertz CT molecular complexity index is 543. The molecule has 0 bridgehead atoms. The fourth-order valence-corrected chi connectivity index (χ4v) is 2.13. The van der Waals surface area contributed by atoms with E-state index in [0.29, 0.717) is 31.9 Å². The maximum atomic E-state index is 12.2. The number of hydrogen-bond donors (Lipinski definition) is 0. The van der Waals surface area contributed by atoms with Crippen LogP contribution >= 0.6 is 0 Å². The monoisotopic (exact) mass is 257 g/mol. The summed E-state index contributed by atoms with van der Waals surface area (Å²) in [6, 6.07) is 9.36. The molecule has 0 aliphatic carbocycles. The van der Waals surface area contributed by atoms with Gasteiger partial charge in [0.25, 0.3) is 5.91 Å². The van der Waals surface area contributed by atoms with Gasteiger partial charge in [-0.1, -0.05) is 0 Å². The van der Waals surface area contributed by atoms with Crippen LogP contribution in [0.15, 0.2) is 42.7 Å². The lowest BCUT2D eigenvalue weighted by Gasteiger charge is -2.26. The van der Waals surface area contributed by atoms with Crippen molar-refractivity contribution >= 4 is 5.91 Å². The SMILES string of the molecule is O=C(c1ccc(-n2cccn2)cc1)N1CCOCC1. The molecule has 1 saturated heterocycles. The molecular formula is C14H15N3O2. The van der Waals surface area contributed by atoms with E-state index in [0.717, 1.165) is 5.69 Å². The summed E-state index contributed by atoms with van der Waals surface area (Å²) in [5.74, 6) is 0.0651. The highest BCUT2D eigenvalue weighted by Crippen LogP contribution is 2.11. The van der Waals surface area contributed by atoms with Crippen LogP contribution in [0.25, 0.3) is 5.69 Å². The maximum Gasteiger partial charge on any atom is 0.254 e. The minimum absolute atomic E-state index is 0.0651. The first-order valence-electron chi connectivity index (χ1n) is 6.32. The Morgan fingerprint density at radius 2 is 1.89 bits per heavy atom. The van der Waals surface area contributed by atoms with Crippen LogP contribution in [0.3, 0.4) is 0 Å². The number of ether oxygens (including phenoxy) is 1. The van der Waals surface area contributed by atoms with Gasteiger partial charge in [0.15, 0.2) is 0 Å². The zero-order valence-electron chi connectivity index (χ0n) is 10.5. The number of rotatable bonds is 2. The topological polar surface area (TPSA) is 47.4 Å². The van der Waals surface area contributed by atoms with E-state index in [4.69, 9.17) is 4.74 Å². The van der Waals surface area contributed by atoms with Gasteiger partial charge in [0.2, 0.25) is 0 Å². The Morgan fingerprint density at radius 3 is 2.53 bits per heavy atom. The first kappa shape index (κ1) is 11.9. The van der Waals surface area contributed by atoms with Gasteiger partial charge in [-0.25, -0.2) is 4.68 Å². The molecule has 0 radical (unpaired) electrons. The third-order valence-electron chi connectivity index (χ3n) is 3.18. The molecule has 1 aliphatic rings. The first-order chi connectivity index (χ1) is 9.34. The molecule has 5 nitrogen and oxygen atoms in total. The van der Waals surface area contributed by atoms with Gasteiger partial charge in [0.1, 0.15) is 0 Å². The highest BCUT2D eigenvalue weighted by Gasteiger charge is 2.18. The van der Waals surface area contributed by atoms with Gasteiger partial charge in [-0.15, -0.1) is 0 Å². The predicted molar refractivity (Wildman–Crippen MR) is 70.3 cm³/mol. The molecule has 0 unspecified atom stereocenters. The fraction of sp³-hybridized carbons (Fsp3) is 0.286. The molecule has 2 heterocycles. The lowest BCUT2D eigenvalue weighted by atomic mass is 10.1. The minimum Gasteiger partial charge on any atom is -0.378 e. The molecule has 5 heteroatoms. The minimum atomic E-state index is 0.0651. The zero-order valence-corrected chi connectivity index (χ0v) is 10.5. The summed E-state index contributed by atoms with van der Waals surface area (Å²) in [5, 5.41) is 4.16. The number of benzene rings is 1. The smallest absolute Gasteiger partial charge is 0.254 e. The number of morpholine rings is 1. The fourth-order valence-electron chi connectivity index (χ4n) is 2.13. The molecule has 1 aliphatic heterocycles. The summed E-state index contributed by atoms with van der Waals surface area (Å²) in [5.41, 5.74) is 1.65. The van der Waals surface area contributed by atoms with E-state index in [1.54, 1.807) is 10.9 Å². The van der Waals surface area contributed by atoms with Crippen molar-refractivity contribution in [2.45, 2.75) is 0 Å².